The van der Waals surface area contributed by atoms with Gasteiger partial charge in [-0.1, -0.05) is 12.1 Å². The van der Waals surface area contributed by atoms with Crippen molar-refractivity contribution in [3.8, 4) is 0 Å². The molecule has 0 aromatic heterocycles. The van der Waals surface area contributed by atoms with Gasteiger partial charge in [0.1, 0.15) is 0 Å². The maximum atomic E-state index is 5.60. The molecule has 0 fully saturated rings. The van der Waals surface area contributed by atoms with Crippen molar-refractivity contribution in [3.05, 3.63) is 29.8 Å². The summed E-state index contributed by atoms with van der Waals surface area (Å²) in [5.74, 6) is 0. The summed E-state index contributed by atoms with van der Waals surface area (Å²) in [5.41, 5.74) is 7.64. The molecule has 0 heterocycles. The lowest BCUT2D eigenvalue weighted by Gasteiger charge is -2.11. The maximum Gasteiger partial charge on any atom is 0.0780 e. The average Bonchev–Trinajstić information content (AvgIpc) is 2.21. The lowest BCUT2D eigenvalue weighted by molar-refractivity contribution is 0.0106. The van der Waals surface area contributed by atoms with Gasteiger partial charge in [-0.15, -0.1) is 0 Å². The van der Waals surface area contributed by atoms with Crippen LogP contribution in [0.2, 0.25) is 0 Å². The molecule has 1 rings (SSSR count). The first-order valence-electron chi connectivity index (χ1n) is 5.17. The fourth-order valence-electron chi connectivity index (χ4n) is 1.35. The van der Waals surface area contributed by atoms with Crippen molar-refractivity contribution in [2.45, 2.75) is 19.4 Å². The van der Waals surface area contributed by atoms with Gasteiger partial charge in [-0.05, 0) is 31.0 Å². The third-order valence-electron chi connectivity index (χ3n) is 2.17. The maximum absolute atomic E-state index is 5.60. The lowest BCUT2D eigenvalue weighted by atomic mass is 10.1. The normalized spacial score (nSPS) is 12.7. The number of rotatable bonds is 6. The van der Waals surface area contributed by atoms with Crippen LogP contribution in [0, 0.1) is 0 Å². The van der Waals surface area contributed by atoms with Crippen LogP contribution in [0.15, 0.2) is 24.3 Å². The van der Waals surface area contributed by atoms with E-state index in [0.29, 0.717) is 13.2 Å². The van der Waals surface area contributed by atoms with E-state index in [1.54, 1.807) is 7.11 Å². The molecule has 3 heteroatoms. The van der Waals surface area contributed by atoms with Crippen molar-refractivity contribution in [1.82, 2.24) is 0 Å². The van der Waals surface area contributed by atoms with Gasteiger partial charge in [0, 0.05) is 12.8 Å². The molecule has 0 aliphatic heterocycles. The Labute approximate surface area is 91.2 Å². The van der Waals surface area contributed by atoms with Gasteiger partial charge in [0.15, 0.2) is 0 Å². The predicted molar refractivity (Wildman–Crippen MR) is 61.8 cm³/mol. The van der Waals surface area contributed by atoms with E-state index >= 15 is 0 Å². The minimum atomic E-state index is 0.156. The van der Waals surface area contributed by atoms with Crippen LogP contribution in [0.5, 0.6) is 0 Å². The van der Waals surface area contributed by atoms with Gasteiger partial charge in [0.2, 0.25) is 0 Å². The van der Waals surface area contributed by atoms with Crippen molar-refractivity contribution in [3.63, 3.8) is 0 Å². The van der Waals surface area contributed by atoms with Crippen LogP contribution in [-0.2, 0) is 15.9 Å². The Morgan fingerprint density at radius 2 is 1.93 bits per heavy atom. The summed E-state index contributed by atoms with van der Waals surface area (Å²) in [6.07, 6.45) is 1.07. The Balaban J connectivity index is 2.22. The Hall–Kier alpha value is -1.06. The average molecular weight is 209 g/mol. The topological polar surface area (TPSA) is 44.5 Å². The summed E-state index contributed by atoms with van der Waals surface area (Å²) in [4.78, 5) is 0. The Morgan fingerprint density at radius 1 is 1.27 bits per heavy atom. The molecule has 2 N–H and O–H groups in total. The van der Waals surface area contributed by atoms with Crippen LogP contribution in [-0.4, -0.2) is 26.4 Å². The van der Waals surface area contributed by atoms with Crippen LogP contribution in [0.25, 0.3) is 0 Å². The molecule has 0 aliphatic carbocycles. The summed E-state index contributed by atoms with van der Waals surface area (Å²) in [6, 6.07) is 7.88. The van der Waals surface area contributed by atoms with Crippen LogP contribution in [0.3, 0.4) is 0 Å². The van der Waals surface area contributed by atoms with Gasteiger partial charge in [-0.3, -0.25) is 0 Å². The number of benzene rings is 1. The molecule has 15 heavy (non-hydrogen) atoms. The van der Waals surface area contributed by atoms with Crippen molar-refractivity contribution >= 4 is 5.69 Å². The summed E-state index contributed by atoms with van der Waals surface area (Å²) >= 11 is 0. The number of ether oxygens (including phenoxy) is 2. The van der Waals surface area contributed by atoms with Crippen LogP contribution in [0.4, 0.5) is 5.69 Å². The van der Waals surface area contributed by atoms with E-state index in [-0.39, 0.29) is 6.10 Å². The first kappa shape index (κ1) is 12.0. The SMILES string of the molecule is COCC(C)OCCc1ccc(N)cc1. The molecule has 1 unspecified atom stereocenters. The number of nitrogen functional groups attached to an aromatic ring is 1. The van der Waals surface area contributed by atoms with E-state index in [1.807, 2.05) is 31.2 Å². The molecule has 1 aromatic rings. The summed E-state index contributed by atoms with van der Waals surface area (Å²) in [6.45, 7) is 3.36. The number of anilines is 1. The number of hydrogen-bond donors (Lipinski definition) is 1. The molecule has 3 nitrogen and oxygen atoms in total. The van der Waals surface area contributed by atoms with Gasteiger partial charge < -0.3 is 15.2 Å². The van der Waals surface area contributed by atoms with E-state index < -0.39 is 0 Å². The van der Waals surface area contributed by atoms with E-state index in [1.165, 1.54) is 5.56 Å². The fourth-order valence-corrected chi connectivity index (χ4v) is 1.35. The molecule has 0 radical (unpaired) electrons. The minimum absolute atomic E-state index is 0.156. The Kier molecular flexibility index (Phi) is 5.15. The molecule has 0 saturated carbocycles. The molecule has 0 saturated heterocycles. The molecular formula is C12H19NO2. The zero-order chi connectivity index (χ0) is 11.1. The molecule has 1 aromatic carbocycles. The zero-order valence-corrected chi connectivity index (χ0v) is 9.40. The Bertz CT molecular complexity index is 271. The monoisotopic (exact) mass is 209 g/mol. The molecule has 0 spiro atoms. The smallest absolute Gasteiger partial charge is 0.0780 e. The fraction of sp³-hybridized carbons (Fsp3) is 0.500. The van der Waals surface area contributed by atoms with Gasteiger partial charge >= 0.3 is 0 Å². The first-order valence-corrected chi connectivity index (χ1v) is 5.17. The van der Waals surface area contributed by atoms with Crippen LogP contribution < -0.4 is 5.73 Å². The van der Waals surface area contributed by atoms with E-state index in [4.69, 9.17) is 15.2 Å². The van der Waals surface area contributed by atoms with Crippen LogP contribution >= 0.6 is 0 Å². The second-order valence-electron chi connectivity index (χ2n) is 3.63. The van der Waals surface area contributed by atoms with Crippen molar-refractivity contribution in [1.29, 1.82) is 0 Å². The minimum Gasteiger partial charge on any atom is -0.399 e. The number of hydrogen-bond acceptors (Lipinski definition) is 3. The largest absolute Gasteiger partial charge is 0.399 e. The Morgan fingerprint density at radius 3 is 2.53 bits per heavy atom. The van der Waals surface area contributed by atoms with Gasteiger partial charge in [0.05, 0.1) is 19.3 Å². The standard InChI is InChI=1S/C12H19NO2/c1-10(9-14-2)15-8-7-11-3-5-12(13)6-4-11/h3-6,10H,7-9,13H2,1-2H3. The quantitative estimate of drug-likeness (QED) is 0.727. The van der Waals surface area contributed by atoms with Crippen LogP contribution in [0.1, 0.15) is 12.5 Å². The highest BCUT2D eigenvalue weighted by molar-refractivity contribution is 5.39. The van der Waals surface area contributed by atoms with E-state index in [2.05, 4.69) is 0 Å². The third kappa shape index (κ3) is 4.81. The first-order chi connectivity index (χ1) is 7.22. The van der Waals surface area contributed by atoms with Gasteiger partial charge in [-0.2, -0.15) is 0 Å². The lowest BCUT2D eigenvalue weighted by Crippen LogP contribution is -2.16. The molecule has 0 amide bonds. The van der Waals surface area contributed by atoms with E-state index in [9.17, 15) is 0 Å². The molecule has 0 bridgehead atoms. The van der Waals surface area contributed by atoms with Crippen molar-refractivity contribution in [2.75, 3.05) is 26.1 Å². The summed E-state index contributed by atoms with van der Waals surface area (Å²) in [5, 5.41) is 0. The second-order valence-corrected chi connectivity index (χ2v) is 3.63. The zero-order valence-electron chi connectivity index (χ0n) is 9.40. The van der Waals surface area contributed by atoms with Crippen molar-refractivity contribution < 1.29 is 9.47 Å². The highest BCUT2D eigenvalue weighted by Gasteiger charge is 2.00. The molecule has 0 aliphatic rings. The second kappa shape index (κ2) is 6.43. The summed E-state index contributed by atoms with van der Waals surface area (Å²) in [7, 11) is 1.68. The van der Waals surface area contributed by atoms with Gasteiger partial charge in [-0.25, -0.2) is 0 Å². The number of nitrogens with two attached hydrogens (primary N) is 1. The van der Waals surface area contributed by atoms with Crippen molar-refractivity contribution in [2.24, 2.45) is 0 Å². The summed E-state index contributed by atoms with van der Waals surface area (Å²) < 4.78 is 10.5. The highest BCUT2D eigenvalue weighted by atomic mass is 16.5. The number of methoxy groups -OCH3 is 1. The molecule has 1 atom stereocenters. The van der Waals surface area contributed by atoms with E-state index in [0.717, 1.165) is 12.1 Å². The van der Waals surface area contributed by atoms with Gasteiger partial charge in [0.25, 0.3) is 0 Å². The predicted octanol–water partition coefficient (Wildman–Crippen LogP) is 1.86. The third-order valence-corrected chi connectivity index (χ3v) is 2.17. The molecular weight excluding hydrogens is 190 g/mol. The highest BCUT2D eigenvalue weighted by Crippen LogP contribution is 2.06. The molecule has 84 valence electrons.